The lowest BCUT2D eigenvalue weighted by atomic mass is 9.81. The van der Waals surface area contributed by atoms with Gasteiger partial charge in [-0.15, -0.1) is 0 Å². The van der Waals surface area contributed by atoms with Crippen LogP contribution in [0.1, 0.15) is 82.2 Å². The molecule has 1 saturated carbocycles. The number of hydrogen-bond donors (Lipinski definition) is 1. The third kappa shape index (κ3) is 13.0. The highest BCUT2D eigenvalue weighted by Gasteiger charge is 2.58. The first kappa shape index (κ1) is 51.1. The highest BCUT2D eigenvalue weighted by atomic mass is 16.7. The molecule has 0 radical (unpaired) electrons. The Balaban J connectivity index is 1.21. The number of aliphatic hydroxyl groups is 1. The lowest BCUT2D eigenvalue weighted by Gasteiger charge is -2.52. The second-order valence-corrected chi connectivity index (χ2v) is 19.3. The Labute approximate surface area is 410 Å². The monoisotopic (exact) mass is 943 g/mol. The molecular formula is C59H74O10. The average Bonchev–Trinajstić information content (AvgIpc) is 3.39. The van der Waals surface area contributed by atoms with Gasteiger partial charge in [0.1, 0.15) is 48.8 Å². The summed E-state index contributed by atoms with van der Waals surface area (Å²) in [7, 11) is 0. The zero-order chi connectivity index (χ0) is 48.1. The zero-order valence-corrected chi connectivity index (χ0v) is 41.2. The van der Waals surface area contributed by atoms with Gasteiger partial charge in [0.25, 0.3) is 0 Å². The van der Waals surface area contributed by atoms with Crippen molar-refractivity contribution >= 4 is 0 Å². The minimum absolute atomic E-state index is 0.0496. The van der Waals surface area contributed by atoms with Crippen molar-refractivity contribution in [3.8, 4) is 0 Å². The fourth-order valence-electron chi connectivity index (χ4n) is 10.3. The van der Waals surface area contributed by atoms with Crippen LogP contribution in [-0.4, -0.2) is 78.7 Å². The summed E-state index contributed by atoms with van der Waals surface area (Å²) in [5.41, 5.74) is 4.98. The van der Waals surface area contributed by atoms with Gasteiger partial charge in [-0.25, -0.2) is 0 Å². The molecule has 2 heterocycles. The van der Waals surface area contributed by atoms with E-state index in [1.165, 1.54) is 0 Å². The summed E-state index contributed by atoms with van der Waals surface area (Å²) in [6, 6.07) is 50.4. The van der Waals surface area contributed by atoms with Crippen LogP contribution in [0.3, 0.4) is 0 Å². The van der Waals surface area contributed by atoms with E-state index in [4.69, 9.17) is 42.6 Å². The number of ether oxygens (including phenoxy) is 9. The van der Waals surface area contributed by atoms with Crippen molar-refractivity contribution < 1.29 is 47.7 Å². The fourth-order valence-corrected chi connectivity index (χ4v) is 10.3. The third-order valence-electron chi connectivity index (χ3n) is 14.8. The molecule has 0 bridgehead atoms. The smallest absolute Gasteiger partial charge is 0.184 e. The van der Waals surface area contributed by atoms with Gasteiger partial charge in [0, 0.05) is 0 Å². The van der Waals surface area contributed by atoms with Crippen LogP contribution in [0.4, 0.5) is 0 Å². The van der Waals surface area contributed by atoms with Crippen molar-refractivity contribution in [3.05, 3.63) is 179 Å². The number of aliphatic hydroxyl groups excluding tert-OH is 1. The Kier molecular flexibility index (Phi) is 18.6. The van der Waals surface area contributed by atoms with E-state index in [-0.39, 0.29) is 55.7 Å². The van der Waals surface area contributed by atoms with Crippen LogP contribution in [0.5, 0.6) is 0 Å². The summed E-state index contributed by atoms with van der Waals surface area (Å²) in [5.74, 6) is 0.457. The molecule has 10 heteroatoms. The summed E-state index contributed by atoms with van der Waals surface area (Å²) in [5, 5.41) is 13.3. The van der Waals surface area contributed by atoms with E-state index >= 15 is 0 Å². The quantitative estimate of drug-likeness (QED) is 0.0765. The van der Waals surface area contributed by atoms with Crippen LogP contribution in [-0.2, 0) is 75.7 Å². The molecule has 5 aromatic carbocycles. The maximum atomic E-state index is 13.3. The molecule has 5 aromatic rings. The minimum atomic E-state index is -1.33. The van der Waals surface area contributed by atoms with E-state index < -0.39 is 61.4 Å². The van der Waals surface area contributed by atoms with Gasteiger partial charge >= 0.3 is 0 Å². The van der Waals surface area contributed by atoms with E-state index in [2.05, 4.69) is 65.8 Å². The Morgan fingerprint density at radius 3 is 0.855 bits per heavy atom. The van der Waals surface area contributed by atoms with E-state index in [0.717, 1.165) is 40.7 Å². The van der Waals surface area contributed by atoms with Crippen molar-refractivity contribution in [2.75, 3.05) is 0 Å². The number of hydrogen-bond acceptors (Lipinski definition) is 10. The first-order valence-corrected chi connectivity index (χ1v) is 25.3. The van der Waals surface area contributed by atoms with Crippen molar-refractivity contribution in [1.82, 2.24) is 0 Å². The summed E-state index contributed by atoms with van der Waals surface area (Å²) in [4.78, 5) is 0. The molecule has 0 aromatic heterocycles. The maximum absolute atomic E-state index is 13.3. The van der Waals surface area contributed by atoms with Gasteiger partial charge in [-0.1, -0.05) is 193 Å². The van der Waals surface area contributed by atoms with Crippen LogP contribution in [0, 0.1) is 23.7 Å². The molecule has 16 atom stereocenters. The van der Waals surface area contributed by atoms with Gasteiger partial charge < -0.3 is 47.7 Å². The summed E-state index contributed by atoms with van der Waals surface area (Å²) in [6.45, 7) is 14.5. The predicted octanol–water partition coefficient (Wildman–Crippen LogP) is 10.9. The SMILES string of the molecule is CCC1O[C@H](O[C@@H]2C(O)C(O[C@H]3OC(CC)[C@@H](C)[C@H](C)C3OCc3ccccc3)C(OCc3ccccc3)C(OCc3ccccc3)C2OCc2ccccc2)C(OCc2ccccc2)[C@@H](C)[C@@H]1C. The fraction of sp³-hybridized carbons (Fsp3) is 0.492. The zero-order valence-electron chi connectivity index (χ0n) is 41.2. The highest BCUT2D eigenvalue weighted by Crippen LogP contribution is 2.42. The van der Waals surface area contributed by atoms with E-state index in [0.29, 0.717) is 13.2 Å². The Morgan fingerprint density at radius 1 is 0.348 bits per heavy atom. The molecule has 3 fully saturated rings. The average molecular weight is 943 g/mol. The van der Waals surface area contributed by atoms with E-state index in [1.54, 1.807) is 0 Å². The molecule has 0 amide bonds. The molecule has 9 unspecified atom stereocenters. The van der Waals surface area contributed by atoms with Crippen molar-refractivity contribution in [2.45, 2.75) is 161 Å². The first-order valence-electron chi connectivity index (χ1n) is 25.3. The summed E-state index contributed by atoms with van der Waals surface area (Å²) < 4.78 is 63.4. The van der Waals surface area contributed by atoms with Gasteiger partial charge in [-0.05, 0) is 64.3 Å². The molecule has 8 rings (SSSR count). The van der Waals surface area contributed by atoms with Crippen molar-refractivity contribution in [3.63, 3.8) is 0 Å². The van der Waals surface area contributed by atoms with E-state index in [9.17, 15) is 5.11 Å². The molecule has 2 saturated heterocycles. The lowest BCUT2D eigenvalue weighted by molar-refractivity contribution is -0.364. The molecule has 370 valence electrons. The minimum Gasteiger partial charge on any atom is -0.387 e. The Morgan fingerprint density at radius 2 is 0.594 bits per heavy atom. The highest BCUT2D eigenvalue weighted by molar-refractivity contribution is 5.18. The molecular weight excluding hydrogens is 869 g/mol. The molecule has 2 aliphatic heterocycles. The summed E-state index contributed by atoms with van der Waals surface area (Å²) in [6.07, 6.45) is -7.39. The Hall–Kier alpha value is -4.30. The summed E-state index contributed by atoms with van der Waals surface area (Å²) >= 11 is 0. The molecule has 3 aliphatic rings. The van der Waals surface area contributed by atoms with E-state index in [1.807, 2.05) is 127 Å². The normalized spacial score (nSPS) is 32.7. The number of benzene rings is 5. The second-order valence-electron chi connectivity index (χ2n) is 19.3. The van der Waals surface area contributed by atoms with Gasteiger partial charge in [-0.2, -0.15) is 0 Å². The molecule has 69 heavy (non-hydrogen) atoms. The molecule has 1 N–H and O–H groups in total. The second kappa shape index (κ2) is 25.2. The van der Waals surface area contributed by atoms with Crippen molar-refractivity contribution in [1.29, 1.82) is 0 Å². The van der Waals surface area contributed by atoms with Gasteiger partial charge in [0.15, 0.2) is 12.6 Å². The first-order chi connectivity index (χ1) is 33.7. The largest absolute Gasteiger partial charge is 0.387 e. The van der Waals surface area contributed by atoms with Crippen LogP contribution in [0.25, 0.3) is 0 Å². The van der Waals surface area contributed by atoms with Crippen molar-refractivity contribution in [2.24, 2.45) is 23.7 Å². The van der Waals surface area contributed by atoms with Crippen LogP contribution in [0.15, 0.2) is 152 Å². The number of rotatable bonds is 21. The van der Waals surface area contributed by atoms with Gasteiger partial charge in [0.2, 0.25) is 0 Å². The standard InChI is InChI=1S/C59H74O10/c1-7-48-39(3)41(5)51(61-34-43-24-14-9-15-25-43)58(66-48)68-53-50(60)54(69-59-52(42(6)40(4)49(8-2)67-59)62-35-44-26-16-10-17-27-44)56(64-37-46-30-20-12-21-31-46)57(65-38-47-32-22-13-23-33-47)55(53)63-36-45-28-18-11-19-29-45/h9-33,39-42,48-60H,7-8,34-38H2,1-6H3/t39-,40-,41-,42-,48?,49?,50?,51?,52?,53+,54?,55?,56?,57?,58+,59+/m0/s1. The lowest BCUT2D eigenvalue weighted by Crippen LogP contribution is -2.69. The van der Waals surface area contributed by atoms with Gasteiger partial charge in [-0.3, -0.25) is 0 Å². The van der Waals surface area contributed by atoms with Crippen LogP contribution >= 0.6 is 0 Å². The molecule has 0 spiro atoms. The molecule has 10 nitrogen and oxygen atoms in total. The topological polar surface area (TPSA) is 103 Å². The van der Waals surface area contributed by atoms with Crippen LogP contribution in [0.2, 0.25) is 0 Å². The predicted molar refractivity (Wildman–Crippen MR) is 265 cm³/mol. The third-order valence-corrected chi connectivity index (χ3v) is 14.8. The van der Waals surface area contributed by atoms with Gasteiger partial charge in [0.05, 0.1) is 45.2 Å². The Bertz CT molecular complexity index is 2070. The van der Waals surface area contributed by atoms with Crippen LogP contribution < -0.4 is 0 Å². The molecule has 1 aliphatic carbocycles. The maximum Gasteiger partial charge on any atom is 0.184 e.